The molecule has 1 aliphatic carbocycles. The number of benzene rings is 1. The Morgan fingerprint density at radius 2 is 2.00 bits per heavy atom. The van der Waals surface area contributed by atoms with E-state index in [9.17, 15) is 5.11 Å². The minimum Gasteiger partial charge on any atom is -0.396 e. The Labute approximate surface area is 123 Å². The fraction of sp³-hybridized carbons (Fsp3) is 0.625. The van der Waals surface area contributed by atoms with E-state index < -0.39 is 0 Å². The lowest BCUT2D eigenvalue weighted by atomic mass is 10.0. The monoisotopic (exact) mass is 292 g/mol. The van der Waals surface area contributed by atoms with E-state index in [1.807, 2.05) is 30.3 Å². The van der Waals surface area contributed by atoms with Crippen molar-refractivity contribution in [3.63, 3.8) is 0 Å². The lowest BCUT2D eigenvalue weighted by molar-refractivity contribution is -0.316. The van der Waals surface area contributed by atoms with Crippen LogP contribution in [0.2, 0.25) is 0 Å². The molecule has 5 heteroatoms. The van der Waals surface area contributed by atoms with E-state index in [-0.39, 0.29) is 43.2 Å². The minimum absolute atomic E-state index is 0.0301. The van der Waals surface area contributed by atoms with Gasteiger partial charge in [0.05, 0.1) is 12.7 Å². The second-order valence-corrected chi connectivity index (χ2v) is 5.96. The highest BCUT2D eigenvalue weighted by Gasteiger charge is 2.65. The van der Waals surface area contributed by atoms with Crippen LogP contribution in [0.15, 0.2) is 30.3 Å². The summed E-state index contributed by atoms with van der Waals surface area (Å²) in [5.74, 6) is 0.740. The third-order valence-corrected chi connectivity index (χ3v) is 4.87. The number of fused-ring (bicyclic) bond motifs is 3. The van der Waals surface area contributed by atoms with Crippen molar-refractivity contribution >= 4 is 0 Å². The third kappa shape index (κ3) is 2.20. The molecule has 1 aromatic carbocycles. The molecule has 0 bridgehead atoms. The van der Waals surface area contributed by atoms with Crippen molar-refractivity contribution in [3.05, 3.63) is 35.9 Å². The molecule has 2 heterocycles. The van der Waals surface area contributed by atoms with Crippen molar-refractivity contribution in [1.29, 1.82) is 0 Å². The van der Waals surface area contributed by atoms with Crippen LogP contribution in [0.5, 0.6) is 0 Å². The SMILES string of the molecule is CO[C@H]1O[C@@H]2CO[C@H](c3ccccc3)O[C@H]2[C@@H]2[C@@H](CO)[C@H]12. The molecule has 1 aromatic rings. The fourth-order valence-electron chi connectivity index (χ4n) is 3.78. The van der Waals surface area contributed by atoms with E-state index >= 15 is 0 Å². The Morgan fingerprint density at radius 3 is 2.71 bits per heavy atom. The molecule has 7 atom stereocenters. The van der Waals surface area contributed by atoms with Crippen LogP contribution in [0.25, 0.3) is 0 Å². The predicted octanol–water partition coefficient (Wildman–Crippen LogP) is 1.33. The fourth-order valence-corrected chi connectivity index (χ4v) is 3.78. The average Bonchev–Trinajstić information content (AvgIpc) is 3.29. The molecule has 1 N–H and O–H groups in total. The van der Waals surface area contributed by atoms with Gasteiger partial charge in [-0.2, -0.15) is 0 Å². The molecule has 4 rings (SSSR count). The molecule has 2 saturated heterocycles. The van der Waals surface area contributed by atoms with Gasteiger partial charge in [0.25, 0.3) is 0 Å². The summed E-state index contributed by atoms with van der Waals surface area (Å²) in [5, 5.41) is 9.53. The highest BCUT2D eigenvalue weighted by Crippen LogP contribution is 2.57. The van der Waals surface area contributed by atoms with Crippen LogP contribution in [-0.2, 0) is 18.9 Å². The smallest absolute Gasteiger partial charge is 0.184 e. The molecule has 0 aromatic heterocycles. The van der Waals surface area contributed by atoms with Crippen LogP contribution in [-0.4, -0.2) is 43.9 Å². The molecule has 5 nitrogen and oxygen atoms in total. The van der Waals surface area contributed by atoms with Crippen LogP contribution in [0.1, 0.15) is 11.9 Å². The first-order valence-corrected chi connectivity index (χ1v) is 7.44. The molecule has 114 valence electrons. The standard InChI is InChI=1S/C16H20O5/c1-18-16-13-10(7-17)12(13)14-11(20-16)8-19-15(21-14)9-5-3-2-4-6-9/h2-6,10-17H,7-8H2,1H3/t10-,11-,12-,13+,14-,15+,16+/m1/s1. The lowest BCUT2D eigenvalue weighted by Gasteiger charge is -2.41. The number of methoxy groups -OCH3 is 1. The topological polar surface area (TPSA) is 57.2 Å². The molecule has 2 aliphatic heterocycles. The first-order valence-electron chi connectivity index (χ1n) is 7.44. The number of hydrogen-bond donors (Lipinski definition) is 1. The number of ether oxygens (including phenoxy) is 4. The summed E-state index contributed by atoms with van der Waals surface area (Å²) in [7, 11) is 1.64. The second-order valence-electron chi connectivity index (χ2n) is 5.96. The molecule has 21 heavy (non-hydrogen) atoms. The molecule has 3 aliphatic rings. The van der Waals surface area contributed by atoms with Crippen LogP contribution in [0.3, 0.4) is 0 Å². The molecule has 1 saturated carbocycles. The molecule has 0 unspecified atom stereocenters. The maximum Gasteiger partial charge on any atom is 0.184 e. The van der Waals surface area contributed by atoms with Crippen LogP contribution in [0.4, 0.5) is 0 Å². The Morgan fingerprint density at radius 1 is 1.19 bits per heavy atom. The van der Waals surface area contributed by atoms with E-state index in [0.29, 0.717) is 12.5 Å². The van der Waals surface area contributed by atoms with Crippen LogP contribution >= 0.6 is 0 Å². The van der Waals surface area contributed by atoms with E-state index in [1.54, 1.807) is 7.11 Å². The summed E-state index contributed by atoms with van der Waals surface area (Å²) in [6, 6.07) is 9.92. The highest BCUT2D eigenvalue weighted by atomic mass is 16.7. The predicted molar refractivity (Wildman–Crippen MR) is 73.2 cm³/mol. The number of rotatable bonds is 3. The largest absolute Gasteiger partial charge is 0.396 e. The highest BCUT2D eigenvalue weighted by molar-refractivity contribution is 5.17. The van der Waals surface area contributed by atoms with Gasteiger partial charge in [0, 0.05) is 31.1 Å². The van der Waals surface area contributed by atoms with Gasteiger partial charge in [-0.25, -0.2) is 0 Å². The maximum absolute atomic E-state index is 9.53. The summed E-state index contributed by atoms with van der Waals surface area (Å²) < 4.78 is 23.3. The zero-order chi connectivity index (χ0) is 14.4. The first kappa shape index (κ1) is 13.7. The first-order chi connectivity index (χ1) is 10.3. The van der Waals surface area contributed by atoms with Crippen LogP contribution in [0, 0.1) is 17.8 Å². The van der Waals surface area contributed by atoms with Gasteiger partial charge in [0.1, 0.15) is 6.10 Å². The Kier molecular flexibility index (Phi) is 3.47. The average molecular weight is 292 g/mol. The van der Waals surface area contributed by atoms with E-state index in [1.165, 1.54) is 0 Å². The summed E-state index contributed by atoms with van der Waals surface area (Å²) in [6.07, 6.45) is -0.755. The van der Waals surface area contributed by atoms with Crippen molar-refractivity contribution in [2.24, 2.45) is 17.8 Å². The molecular formula is C16H20O5. The van der Waals surface area contributed by atoms with Gasteiger partial charge in [-0.05, 0) is 5.92 Å². The Balaban J connectivity index is 1.52. The normalized spacial score (nSPS) is 44.8. The van der Waals surface area contributed by atoms with Crippen molar-refractivity contribution < 1.29 is 24.1 Å². The summed E-state index contributed by atoms with van der Waals surface area (Å²) in [6.45, 7) is 0.646. The quantitative estimate of drug-likeness (QED) is 0.911. The van der Waals surface area contributed by atoms with E-state index in [0.717, 1.165) is 5.56 Å². The Hall–Kier alpha value is -0.980. The second kappa shape index (κ2) is 5.34. The molecular weight excluding hydrogens is 272 g/mol. The third-order valence-electron chi connectivity index (χ3n) is 4.87. The van der Waals surface area contributed by atoms with Crippen LogP contribution < -0.4 is 0 Å². The maximum atomic E-state index is 9.53. The van der Waals surface area contributed by atoms with Gasteiger partial charge in [0.15, 0.2) is 12.6 Å². The number of aliphatic hydroxyl groups is 1. The molecule has 0 spiro atoms. The molecule has 0 amide bonds. The number of aliphatic hydroxyl groups excluding tert-OH is 1. The van der Waals surface area contributed by atoms with Crippen molar-refractivity contribution in [2.45, 2.75) is 24.8 Å². The van der Waals surface area contributed by atoms with E-state index in [2.05, 4.69) is 0 Å². The van der Waals surface area contributed by atoms with Gasteiger partial charge in [-0.15, -0.1) is 0 Å². The van der Waals surface area contributed by atoms with Gasteiger partial charge < -0.3 is 24.1 Å². The Bertz CT molecular complexity index is 493. The van der Waals surface area contributed by atoms with E-state index in [4.69, 9.17) is 18.9 Å². The van der Waals surface area contributed by atoms with Gasteiger partial charge in [-0.1, -0.05) is 30.3 Å². The lowest BCUT2D eigenvalue weighted by Crippen LogP contribution is -2.49. The summed E-state index contributed by atoms with van der Waals surface area (Å²) >= 11 is 0. The zero-order valence-electron chi connectivity index (χ0n) is 11.9. The molecule has 3 fully saturated rings. The van der Waals surface area contributed by atoms with Crippen molar-refractivity contribution in [2.75, 3.05) is 20.3 Å². The zero-order valence-corrected chi connectivity index (χ0v) is 11.9. The van der Waals surface area contributed by atoms with Gasteiger partial charge in [0.2, 0.25) is 0 Å². The summed E-state index contributed by atoms with van der Waals surface area (Å²) in [4.78, 5) is 0. The summed E-state index contributed by atoms with van der Waals surface area (Å²) in [5.41, 5.74) is 1.02. The van der Waals surface area contributed by atoms with Gasteiger partial charge in [-0.3, -0.25) is 0 Å². The van der Waals surface area contributed by atoms with Crippen molar-refractivity contribution in [1.82, 2.24) is 0 Å². The minimum atomic E-state index is -0.351. The van der Waals surface area contributed by atoms with Gasteiger partial charge >= 0.3 is 0 Å². The number of hydrogen-bond acceptors (Lipinski definition) is 5. The van der Waals surface area contributed by atoms with Crippen molar-refractivity contribution in [3.8, 4) is 0 Å². The molecule has 0 radical (unpaired) electrons.